The molecule has 0 aliphatic rings. The first kappa shape index (κ1) is 19.5. The average molecular weight is 406 g/mol. The smallest absolute Gasteiger partial charge is 0.227 e. The lowest BCUT2D eigenvalue weighted by molar-refractivity contribution is -0.128. The molecule has 6 nitrogen and oxygen atoms in total. The number of hydrogen-bond acceptors (Lipinski definition) is 3. The number of nitrogens with two attached hydrogens (primary N) is 1. The van der Waals surface area contributed by atoms with Gasteiger partial charge in [0.1, 0.15) is 5.75 Å². The van der Waals surface area contributed by atoms with Gasteiger partial charge in [-0.1, -0.05) is 0 Å². The minimum absolute atomic E-state index is 0. The molecule has 7 heteroatoms. The Kier molecular flexibility index (Phi) is 8.08. The van der Waals surface area contributed by atoms with Crippen molar-refractivity contribution in [3.8, 4) is 5.75 Å². The number of carbonyl (C=O) groups excluding carboxylic acids is 1. The summed E-state index contributed by atoms with van der Waals surface area (Å²) in [6, 6.07) is 7.32. The topological polar surface area (TPSA) is 88.7 Å². The molecule has 0 saturated carbocycles. The fraction of sp³-hybridized carbons (Fsp3) is 0.429. The van der Waals surface area contributed by atoms with Gasteiger partial charge in [0.15, 0.2) is 5.96 Å². The third-order valence-electron chi connectivity index (χ3n) is 2.85. The number of hydrogen-bond donors (Lipinski definition) is 3. The summed E-state index contributed by atoms with van der Waals surface area (Å²) in [4.78, 5) is 15.8. The Bertz CT molecular complexity index is 486. The number of nitrogens with zero attached hydrogens (tertiary/aromatic N) is 1. The number of ether oxygens (including phenoxy) is 1. The summed E-state index contributed by atoms with van der Waals surface area (Å²) in [5.41, 5.74) is 6.01. The lowest BCUT2D eigenvalue weighted by atomic mass is 9.93. The van der Waals surface area contributed by atoms with Gasteiger partial charge >= 0.3 is 0 Å². The monoisotopic (exact) mass is 406 g/mol. The van der Waals surface area contributed by atoms with Gasteiger partial charge < -0.3 is 21.1 Å². The van der Waals surface area contributed by atoms with E-state index in [0.29, 0.717) is 6.54 Å². The molecule has 0 spiro atoms. The lowest BCUT2D eigenvalue weighted by Crippen LogP contribution is -2.37. The van der Waals surface area contributed by atoms with Crippen LogP contribution in [0.15, 0.2) is 29.3 Å². The van der Waals surface area contributed by atoms with Crippen molar-refractivity contribution in [3.05, 3.63) is 24.3 Å². The van der Waals surface area contributed by atoms with E-state index >= 15 is 0 Å². The van der Waals surface area contributed by atoms with Crippen molar-refractivity contribution in [2.24, 2.45) is 16.1 Å². The van der Waals surface area contributed by atoms with Crippen molar-refractivity contribution in [2.45, 2.75) is 13.8 Å². The zero-order chi connectivity index (χ0) is 15.2. The predicted octanol–water partition coefficient (Wildman–Crippen LogP) is 1.81. The number of rotatable bonds is 5. The van der Waals surface area contributed by atoms with E-state index < -0.39 is 5.41 Å². The van der Waals surface area contributed by atoms with Crippen molar-refractivity contribution >= 4 is 41.5 Å². The number of anilines is 1. The zero-order valence-electron chi connectivity index (χ0n) is 12.8. The van der Waals surface area contributed by atoms with E-state index in [2.05, 4.69) is 15.6 Å². The Morgan fingerprint density at radius 3 is 2.38 bits per heavy atom. The van der Waals surface area contributed by atoms with Gasteiger partial charge in [-0.2, -0.15) is 0 Å². The molecule has 0 aliphatic heterocycles. The molecule has 0 fully saturated rings. The van der Waals surface area contributed by atoms with E-state index in [9.17, 15) is 4.79 Å². The number of amides is 1. The van der Waals surface area contributed by atoms with E-state index in [0.717, 1.165) is 11.4 Å². The van der Waals surface area contributed by atoms with Crippen LogP contribution in [0.25, 0.3) is 0 Å². The first-order valence-corrected chi connectivity index (χ1v) is 6.32. The van der Waals surface area contributed by atoms with Gasteiger partial charge in [0.2, 0.25) is 5.91 Å². The van der Waals surface area contributed by atoms with Crippen LogP contribution in [0.2, 0.25) is 0 Å². The van der Waals surface area contributed by atoms with Crippen LogP contribution in [-0.4, -0.2) is 32.6 Å². The van der Waals surface area contributed by atoms with Gasteiger partial charge in [0.25, 0.3) is 0 Å². The zero-order valence-corrected chi connectivity index (χ0v) is 15.1. The molecule has 0 aromatic heterocycles. The van der Waals surface area contributed by atoms with Crippen molar-refractivity contribution in [2.75, 3.05) is 26.0 Å². The van der Waals surface area contributed by atoms with Gasteiger partial charge in [0, 0.05) is 12.7 Å². The highest BCUT2D eigenvalue weighted by atomic mass is 127. The molecule has 0 saturated heterocycles. The number of methoxy groups -OCH3 is 1. The lowest BCUT2D eigenvalue weighted by Gasteiger charge is -2.20. The normalized spacial score (nSPS) is 11.3. The predicted molar refractivity (Wildman–Crippen MR) is 96.4 cm³/mol. The van der Waals surface area contributed by atoms with E-state index in [1.165, 1.54) is 0 Å². The van der Waals surface area contributed by atoms with Gasteiger partial charge in [-0.3, -0.25) is 9.79 Å². The van der Waals surface area contributed by atoms with Gasteiger partial charge in [-0.25, -0.2) is 0 Å². The van der Waals surface area contributed by atoms with Crippen LogP contribution >= 0.6 is 24.0 Å². The maximum absolute atomic E-state index is 11.6. The fourth-order valence-electron chi connectivity index (χ4n) is 1.55. The van der Waals surface area contributed by atoms with Crippen molar-refractivity contribution in [1.82, 2.24) is 5.32 Å². The molecule has 0 unspecified atom stereocenters. The molecule has 4 N–H and O–H groups in total. The Morgan fingerprint density at radius 1 is 1.33 bits per heavy atom. The molecule has 0 aliphatic carbocycles. The largest absolute Gasteiger partial charge is 0.497 e. The molecule has 118 valence electrons. The minimum atomic E-state index is -0.596. The molecular formula is C14H23IN4O2. The summed E-state index contributed by atoms with van der Waals surface area (Å²) >= 11 is 0. The van der Waals surface area contributed by atoms with Gasteiger partial charge in [0.05, 0.1) is 19.1 Å². The summed E-state index contributed by atoms with van der Waals surface area (Å²) in [6.45, 7) is 3.94. The number of carbonyl (C=O) groups is 1. The summed E-state index contributed by atoms with van der Waals surface area (Å²) in [7, 11) is 3.21. The quantitative estimate of drug-likeness (QED) is 0.396. The fourth-order valence-corrected chi connectivity index (χ4v) is 1.55. The molecule has 21 heavy (non-hydrogen) atoms. The van der Waals surface area contributed by atoms with Crippen molar-refractivity contribution in [1.29, 1.82) is 0 Å². The number of aliphatic imine (C=N–C) groups is 1. The second kappa shape index (κ2) is 8.71. The second-order valence-corrected chi connectivity index (χ2v) is 5.02. The first-order valence-electron chi connectivity index (χ1n) is 6.32. The summed E-state index contributed by atoms with van der Waals surface area (Å²) in [6.07, 6.45) is 0. The standard InChI is InChI=1S/C14H22N4O2.HI/c1-14(2,12(19)16-3)9-17-13(15)18-10-5-7-11(20-4)8-6-10;/h5-8H,9H2,1-4H3,(H,16,19)(H3,15,17,18);1H. The van der Waals surface area contributed by atoms with Crippen LogP contribution < -0.4 is 21.1 Å². The van der Waals surface area contributed by atoms with Crippen molar-refractivity contribution < 1.29 is 9.53 Å². The van der Waals surface area contributed by atoms with Crippen LogP contribution in [0.1, 0.15) is 13.8 Å². The molecule has 1 rings (SSSR count). The summed E-state index contributed by atoms with van der Waals surface area (Å²) < 4.78 is 5.07. The third kappa shape index (κ3) is 6.19. The van der Waals surface area contributed by atoms with Gasteiger partial charge in [-0.05, 0) is 38.1 Å². The minimum Gasteiger partial charge on any atom is -0.497 e. The Morgan fingerprint density at radius 2 is 1.90 bits per heavy atom. The maximum Gasteiger partial charge on any atom is 0.227 e. The molecular weight excluding hydrogens is 383 g/mol. The average Bonchev–Trinajstić information content (AvgIpc) is 2.45. The molecule has 0 atom stereocenters. The highest BCUT2D eigenvalue weighted by Crippen LogP contribution is 2.16. The highest BCUT2D eigenvalue weighted by Gasteiger charge is 2.26. The van der Waals surface area contributed by atoms with E-state index in [4.69, 9.17) is 10.5 Å². The van der Waals surface area contributed by atoms with Crippen LogP contribution in [0.4, 0.5) is 5.69 Å². The summed E-state index contributed by atoms with van der Waals surface area (Å²) in [5, 5.41) is 5.57. The number of nitrogens with one attached hydrogen (secondary N) is 2. The molecule has 0 radical (unpaired) electrons. The Labute approximate surface area is 142 Å². The highest BCUT2D eigenvalue weighted by molar-refractivity contribution is 14.0. The van der Waals surface area contributed by atoms with Crippen LogP contribution in [0.3, 0.4) is 0 Å². The van der Waals surface area contributed by atoms with Gasteiger partial charge in [-0.15, -0.1) is 24.0 Å². The SMILES string of the molecule is CNC(=O)C(C)(C)CN=C(N)Nc1ccc(OC)cc1.I. The van der Waals surface area contributed by atoms with Crippen LogP contribution in [0, 0.1) is 5.41 Å². The number of benzene rings is 1. The summed E-state index contributed by atoms with van der Waals surface area (Å²) in [5.74, 6) is 0.970. The first-order chi connectivity index (χ1) is 9.39. The van der Waals surface area contributed by atoms with Crippen molar-refractivity contribution in [3.63, 3.8) is 0 Å². The third-order valence-corrected chi connectivity index (χ3v) is 2.85. The number of guanidine groups is 1. The Hall–Kier alpha value is -1.51. The molecule has 0 bridgehead atoms. The Balaban J connectivity index is 0.00000400. The van der Waals surface area contributed by atoms with E-state index in [1.807, 2.05) is 38.1 Å². The molecule has 1 amide bonds. The van der Waals surface area contributed by atoms with E-state index in [1.54, 1.807) is 14.2 Å². The maximum atomic E-state index is 11.6. The van der Waals surface area contributed by atoms with Crippen LogP contribution in [0.5, 0.6) is 5.75 Å². The molecule has 0 heterocycles. The molecule has 1 aromatic carbocycles. The number of halogens is 1. The second-order valence-electron chi connectivity index (χ2n) is 5.02. The van der Waals surface area contributed by atoms with E-state index in [-0.39, 0.29) is 35.8 Å². The molecule has 1 aromatic rings. The van der Waals surface area contributed by atoms with Crippen LogP contribution in [-0.2, 0) is 4.79 Å².